The van der Waals surface area contributed by atoms with Gasteiger partial charge in [-0.05, 0) is 36.2 Å². The molecule has 0 bridgehead atoms. The zero-order valence-electron chi connectivity index (χ0n) is 16.9. The van der Waals surface area contributed by atoms with Gasteiger partial charge in [0.05, 0.1) is 18.2 Å². The van der Waals surface area contributed by atoms with Crippen molar-refractivity contribution in [3.63, 3.8) is 0 Å². The number of thiophene rings is 1. The molecule has 0 aliphatic heterocycles. The lowest BCUT2D eigenvalue weighted by Gasteiger charge is -2.17. The largest absolute Gasteiger partial charge is 0.395 e. The van der Waals surface area contributed by atoms with Crippen LogP contribution in [0.15, 0.2) is 65.8 Å². The third-order valence-corrected chi connectivity index (χ3v) is 5.79. The van der Waals surface area contributed by atoms with E-state index in [1.54, 1.807) is 17.6 Å². The first-order valence-corrected chi connectivity index (χ1v) is 10.5. The van der Waals surface area contributed by atoms with Gasteiger partial charge in [-0.2, -0.15) is 5.10 Å². The maximum Gasteiger partial charge on any atom is 0.158 e. The highest BCUT2D eigenvalue weighted by molar-refractivity contribution is 7.21. The van der Waals surface area contributed by atoms with Gasteiger partial charge in [-0.3, -0.25) is 5.43 Å². The van der Waals surface area contributed by atoms with Crippen LogP contribution < -0.4 is 10.3 Å². The Morgan fingerprint density at radius 2 is 1.87 bits per heavy atom. The van der Waals surface area contributed by atoms with Crippen LogP contribution in [0.25, 0.3) is 20.7 Å². The second-order valence-corrected chi connectivity index (χ2v) is 7.95. The molecular formula is C23H23N5OS. The zero-order chi connectivity index (χ0) is 20.9. The highest BCUT2D eigenvalue weighted by Crippen LogP contribution is 2.35. The Bertz CT molecular complexity index is 1160. The molecule has 4 aromatic rings. The molecule has 4 rings (SSSR count). The number of fused-ring (bicyclic) bond motifs is 1. The molecule has 152 valence electrons. The van der Waals surface area contributed by atoms with Crippen LogP contribution in [0.3, 0.4) is 0 Å². The molecule has 0 saturated carbocycles. The Morgan fingerprint density at radius 3 is 2.60 bits per heavy atom. The molecule has 6 nitrogen and oxygen atoms in total. The summed E-state index contributed by atoms with van der Waals surface area (Å²) in [5.41, 5.74) is 6.27. The number of hydrazone groups is 1. The molecule has 0 aliphatic carbocycles. The molecule has 0 saturated heterocycles. The summed E-state index contributed by atoms with van der Waals surface area (Å²) in [6, 6.07) is 20.4. The Balaban J connectivity index is 1.54. The highest BCUT2D eigenvalue weighted by atomic mass is 32.1. The molecule has 0 unspecified atom stereocenters. The van der Waals surface area contributed by atoms with Crippen molar-refractivity contribution in [2.75, 3.05) is 30.5 Å². The predicted molar refractivity (Wildman–Crippen MR) is 126 cm³/mol. The fraction of sp³-hybridized carbons (Fsp3) is 0.174. The van der Waals surface area contributed by atoms with Crippen molar-refractivity contribution in [3.05, 3.63) is 72.1 Å². The fourth-order valence-electron chi connectivity index (χ4n) is 3.12. The number of rotatable bonds is 7. The van der Waals surface area contributed by atoms with E-state index in [1.807, 2.05) is 61.3 Å². The third kappa shape index (κ3) is 4.48. The van der Waals surface area contributed by atoms with Gasteiger partial charge in [0.25, 0.3) is 0 Å². The molecule has 7 heteroatoms. The maximum absolute atomic E-state index is 9.06. The van der Waals surface area contributed by atoms with E-state index in [9.17, 15) is 0 Å². The molecular weight excluding hydrogens is 394 g/mol. The monoisotopic (exact) mass is 417 g/mol. The first-order chi connectivity index (χ1) is 14.6. The lowest BCUT2D eigenvalue weighted by Crippen LogP contribution is -2.20. The Labute approximate surface area is 179 Å². The number of nitrogens with zero attached hydrogens (tertiary/aromatic N) is 4. The van der Waals surface area contributed by atoms with Crippen molar-refractivity contribution in [3.8, 4) is 10.4 Å². The van der Waals surface area contributed by atoms with Gasteiger partial charge in [-0.25, -0.2) is 9.97 Å². The van der Waals surface area contributed by atoms with Crippen molar-refractivity contribution < 1.29 is 5.11 Å². The normalized spacial score (nSPS) is 11.3. The second-order valence-electron chi connectivity index (χ2n) is 6.92. The molecule has 0 fully saturated rings. The Hall–Kier alpha value is -3.29. The van der Waals surface area contributed by atoms with Crippen LogP contribution >= 0.6 is 11.3 Å². The number of anilines is 2. The zero-order valence-corrected chi connectivity index (χ0v) is 17.7. The topological polar surface area (TPSA) is 73.6 Å². The summed E-state index contributed by atoms with van der Waals surface area (Å²) in [6.07, 6.45) is 1.77. The van der Waals surface area contributed by atoms with Gasteiger partial charge in [0.1, 0.15) is 10.7 Å². The van der Waals surface area contributed by atoms with E-state index in [0.717, 1.165) is 26.3 Å². The van der Waals surface area contributed by atoms with E-state index in [2.05, 4.69) is 38.7 Å². The summed E-state index contributed by atoms with van der Waals surface area (Å²) in [5, 5.41) is 14.4. The van der Waals surface area contributed by atoms with Crippen molar-refractivity contribution in [1.29, 1.82) is 0 Å². The summed E-state index contributed by atoms with van der Waals surface area (Å²) in [6.45, 7) is 2.62. The van der Waals surface area contributed by atoms with E-state index < -0.39 is 0 Å². The van der Waals surface area contributed by atoms with E-state index in [1.165, 1.54) is 5.56 Å². The van der Waals surface area contributed by atoms with E-state index >= 15 is 0 Å². The molecule has 2 N–H and O–H groups in total. The smallest absolute Gasteiger partial charge is 0.158 e. The fourth-order valence-corrected chi connectivity index (χ4v) is 4.20. The predicted octanol–water partition coefficient (Wildman–Crippen LogP) is 4.54. The van der Waals surface area contributed by atoms with E-state index in [0.29, 0.717) is 18.2 Å². The minimum Gasteiger partial charge on any atom is -0.395 e. The molecule has 0 atom stereocenters. The molecule has 2 aromatic carbocycles. The average Bonchev–Trinajstić information content (AvgIpc) is 3.19. The van der Waals surface area contributed by atoms with Crippen LogP contribution in [0.2, 0.25) is 0 Å². The van der Waals surface area contributed by atoms with Gasteiger partial charge in [0, 0.05) is 24.2 Å². The van der Waals surface area contributed by atoms with Gasteiger partial charge >= 0.3 is 0 Å². The number of aliphatic hydroxyl groups excluding tert-OH is 1. The number of aromatic nitrogens is 2. The summed E-state index contributed by atoms with van der Waals surface area (Å²) in [5.74, 6) is 1.41. The van der Waals surface area contributed by atoms with Crippen molar-refractivity contribution in [2.45, 2.75) is 6.92 Å². The van der Waals surface area contributed by atoms with Crippen LogP contribution in [0.1, 0.15) is 11.4 Å². The lowest BCUT2D eigenvalue weighted by molar-refractivity contribution is 0.304. The Kier molecular flexibility index (Phi) is 6.02. The molecule has 0 spiro atoms. The van der Waals surface area contributed by atoms with Crippen molar-refractivity contribution in [2.24, 2.45) is 5.10 Å². The van der Waals surface area contributed by atoms with Crippen LogP contribution in [0, 0.1) is 6.92 Å². The number of hydrogen-bond acceptors (Lipinski definition) is 7. The quantitative estimate of drug-likeness (QED) is 0.341. The van der Waals surface area contributed by atoms with E-state index in [-0.39, 0.29) is 6.61 Å². The molecule has 0 aliphatic rings. The van der Waals surface area contributed by atoms with Crippen LogP contribution in [-0.4, -0.2) is 41.5 Å². The summed E-state index contributed by atoms with van der Waals surface area (Å²) in [4.78, 5) is 13.2. The van der Waals surface area contributed by atoms with Gasteiger partial charge in [-0.1, -0.05) is 42.5 Å². The van der Waals surface area contributed by atoms with Gasteiger partial charge in [0.15, 0.2) is 5.82 Å². The maximum atomic E-state index is 9.06. The summed E-state index contributed by atoms with van der Waals surface area (Å²) < 4.78 is 0. The molecule has 0 radical (unpaired) electrons. The number of nitrogens with one attached hydrogen (secondary N) is 1. The number of aliphatic hydroxyl groups is 1. The van der Waals surface area contributed by atoms with Gasteiger partial charge in [0.2, 0.25) is 0 Å². The second kappa shape index (κ2) is 9.02. The average molecular weight is 418 g/mol. The molecule has 2 heterocycles. The van der Waals surface area contributed by atoms with Crippen molar-refractivity contribution in [1.82, 2.24) is 9.97 Å². The number of aryl methyl sites for hydroxylation is 1. The molecule has 2 aromatic heterocycles. The van der Waals surface area contributed by atoms with Gasteiger partial charge < -0.3 is 10.0 Å². The number of benzene rings is 2. The van der Waals surface area contributed by atoms with Crippen molar-refractivity contribution >= 4 is 39.3 Å². The molecule has 30 heavy (non-hydrogen) atoms. The first-order valence-electron chi connectivity index (χ1n) is 9.69. The Morgan fingerprint density at radius 1 is 1.10 bits per heavy atom. The number of hydrogen-bond donors (Lipinski definition) is 2. The van der Waals surface area contributed by atoms with E-state index in [4.69, 9.17) is 5.11 Å². The minimum absolute atomic E-state index is 0.130. The van der Waals surface area contributed by atoms with Crippen LogP contribution in [-0.2, 0) is 0 Å². The molecule has 0 amide bonds. The number of likely N-dealkylation sites (N-methyl/N-ethyl adjacent to an activating group) is 1. The highest BCUT2D eigenvalue weighted by Gasteiger charge is 2.11. The summed E-state index contributed by atoms with van der Waals surface area (Å²) in [7, 11) is 1.95. The summed E-state index contributed by atoms with van der Waals surface area (Å²) >= 11 is 1.65. The minimum atomic E-state index is 0.130. The SMILES string of the molecule is Cc1nc(NN=Cc2ccc(N(C)CCO)cc2)c2cc(-c3ccccc3)sc2n1. The van der Waals surface area contributed by atoms with Crippen LogP contribution in [0.5, 0.6) is 0 Å². The third-order valence-electron chi connectivity index (χ3n) is 4.72. The standard InChI is InChI=1S/C23H23N5OS/c1-16-25-22(20-14-21(30-23(20)26-16)18-6-4-3-5-7-18)27-24-15-17-8-10-19(11-9-17)28(2)12-13-29/h3-11,14-15,29H,12-13H2,1-2H3,(H,25,26,27). The van der Waals surface area contributed by atoms with Gasteiger partial charge in [-0.15, -0.1) is 11.3 Å². The first kappa shape index (κ1) is 20.0. The lowest BCUT2D eigenvalue weighted by atomic mass is 10.2. The van der Waals surface area contributed by atoms with Crippen LogP contribution in [0.4, 0.5) is 11.5 Å².